The minimum atomic E-state index is -0.922. The molecule has 1 heterocycles. The summed E-state index contributed by atoms with van der Waals surface area (Å²) >= 11 is 6.24. The molecule has 2 aromatic carbocycles. The molecule has 1 aliphatic heterocycles. The SMILES string of the molecule is CNC(=O)[C@@H](C)CNC(=O)[C@@H](Cc1ccc(OC)c(Cl)c1)NC(=O)C=CC[C@@H](O)[C@@H](C)[C@@H]1O[C@@H]1c1ccccc1. The number of halogens is 1. The van der Waals surface area contributed by atoms with Crippen molar-refractivity contribution in [1.82, 2.24) is 16.0 Å². The highest BCUT2D eigenvalue weighted by atomic mass is 35.5. The molecule has 2 aromatic rings. The molecule has 40 heavy (non-hydrogen) atoms. The van der Waals surface area contributed by atoms with Gasteiger partial charge >= 0.3 is 0 Å². The zero-order valence-corrected chi connectivity index (χ0v) is 24.0. The van der Waals surface area contributed by atoms with E-state index in [4.69, 9.17) is 21.1 Å². The summed E-state index contributed by atoms with van der Waals surface area (Å²) in [5.41, 5.74) is 1.80. The highest BCUT2D eigenvalue weighted by molar-refractivity contribution is 6.32. The number of benzene rings is 2. The Morgan fingerprint density at radius 3 is 2.50 bits per heavy atom. The monoisotopic (exact) mass is 571 g/mol. The van der Waals surface area contributed by atoms with Crippen molar-refractivity contribution in [3.05, 3.63) is 76.8 Å². The number of methoxy groups -OCH3 is 1. The van der Waals surface area contributed by atoms with Crippen LogP contribution >= 0.6 is 11.6 Å². The Labute approximate surface area is 240 Å². The van der Waals surface area contributed by atoms with Crippen LogP contribution in [0.2, 0.25) is 5.02 Å². The van der Waals surface area contributed by atoms with Crippen LogP contribution in [0.3, 0.4) is 0 Å². The molecule has 3 rings (SSSR count). The van der Waals surface area contributed by atoms with Crippen LogP contribution in [0.15, 0.2) is 60.7 Å². The van der Waals surface area contributed by atoms with Gasteiger partial charge in [0.2, 0.25) is 17.7 Å². The van der Waals surface area contributed by atoms with Gasteiger partial charge in [0.1, 0.15) is 17.9 Å². The highest BCUT2D eigenvalue weighted by Gasteiger charge is 2.45. The Hall–Kier alpha value is -3.40. The summed E-state index contributed by atoms with van der Waals surface area (Å²) in [6.07, 6.45) is 2.51. The molecule has 0 radical (unpaired) electrons. The van der Waals surface area contributed by atoms with E-state index in [-0.39, 0.29) is 43.4 Å². The number of amides is 3. The first-order valence-electron chi connectivity index (χ1n) is 13.3. The average Bonchev–Trinajstić information content (AvgIpc) is 3.76. The molecule has 1 fully saturated rings. The molecule has 0 saturated carbocycles. The molecule has 0 spiro atoms. The van der Waals surface area contributed by atoms with Crippen molar-refractivity contribution < 1.29 is 29.0 Å². The van der Waals surface area contributed by atoms with Gasteiger partial charge in [-0.05, 0) is 35.8 Å². The predicted octanol–water partition coefficient (Wildman–Crippen LogP) is 2.96. The van der Waals surface area contributed by atoms with Crippen LogP contribution in [0, 0.1) is 11.8 Å². The molecule has 0 bridgehead atoms. The van der Waals surface area contributed by atoms with Gasteiger partial charge in [-0.3, -0.25) is 14.4 Å². The van der Waals surface area contributed by atoms with Gasteiger partial charge in [-0.25, -0.2) is 0 Å². The number of epoxide rings is 1. The number of nitrogens with one attached hydrogen (secondary N) is 3. The summed E-state index contributed by atoms with van der Waals surface area (Å²) in [5.74, 6) is -1.19. The number of hydrogen-bond acceptors (Lipinski definition) is 6. The van der Waals surface area contributed by atoms with E-state index in [1.807, 2.05) is 37.3 Å². The van der Waals surface area contributed by atoms with E-state index in [1.165, 1.54) is 20.2 Å². The normalized spacial score (nSPS) is 19.2. The Kier molecular flexibility index (Phi) is 11.5. The fourth-order valence-electron chi connectivity index (χ4n) is 4.40. The molecule has 6 atom stereocenters. The van der Waals surface area contributed by atoms with E-state index in [2.05, 4.69) is 16.0 Å². The maximum atomic E-state index is 13.0. The van der Waals surface area contributed by atoms with E-state index >= 15 is 0 Å². The molecule has 0 aromatic heterocycles. The summed E-state index contributed by atoms with van der Waals surface area (Å²) in [6.45, 7) is 3.73. The summed E-state index contributed by atoms with van der Waals surface area (Å²) in [4.78, 5) is 37.6. The summed E-state index contributed by atoms with van der Waals surface area (Å²) < 4.78 is 11.0. The topological polar surface area (TPSA) is 129 Å². The number of rotatable bonds is 14. The van der Waals surface area contributed by atoms with E-state index in [1.54, 1.807) is 31.2 Å². The van der Waals surface area contributed by atoms with Crippen molar-refractivity contribution in [1.29, 1.82) is 0 Å². The van der Waals surface area contributed by atoms with Crippen molar-refractivity contribution in [2.24, 2.45) is 11.8 Å². The maximum Gasteiger partial charge on any atom is 0.244 e. The summed E-state index contributed by atoms with van der Waals surface area (Å²) in [7, 11) is 3.04. The van der Waals surface area contributed by atoms with Crippen LogP contribution in [0.25, 0.3) is 0 Å². The van der Waals surface area contributed by atoms with Gasteiger partial charge in [-0.15, -0.1) is 0 Å². The minimum Gasteiger partial charge on any atom is -0.495 e. The fraction of sp³-hybridized carbons (Fsp3) is 0.433. The number of carbonyl (C=O) groups is 3. The minimum absolute atomic E-state index is 0.0324. The van der Waals surface area contributed by atoms with Gasteiger partial charge < -0.3 is 30.5 Å². The van der Waals surface area contributed by atoms with Gasteiger partial charge in [-0.1, -0.05) is 67.9 Å². The zero-order chi connectivity index (χ0) is 29.2. The first-order chi connectivity index (χ1) is 19.1. The van der Waals surface area contributed by atoms with Crippen molar-refractivity contribution in [3.8, 4) is 5.75 Å². The number of aliphatic hydroxyl groups is 1. The van der Waals surface area contributed by atoms with E-state index in [9.17, 15) is 19.5 Å². The largest absolute Gasteiger partial charge is 0.495 e. The second-order valence-corrected chi connectivity index (χ2v) is 10.4. The molecule has 9 nitrogen and oxygen atoms in total. The van der Waals surface area contributed by atoms with Crippen LogP contribution in [0.4, 0.5) is 0 Å². The van der Waals surface area contributed by atoms with Crippen LogP contribution in [-0.2, 0) is 25.5 Å². The van der Waals surface area contributed by atoms with Crippen LogP contribution in [0.5, 0.6) is 5.75 Å². The highest BCUT2D eigenvalue weighted by Crippen LogP contribution is 2.44. The molecular formula is C30H38ClN3O6. The second kappa shape index (κ2) is 14.8. The third-order valence-electron chi connectivity index (χ3n) is 6.99. The third-order valence-corrected chi connectivity index (χ3v) is 7.29. The molecule has 4 N–H and O–H groups in total. The van der Waals surface area contributed by atoms with E-state index in [0.29, 0.717) is 10.8 Å². The van der Waals surface area contributed by atoms with Gasteiger partial charge in [0, 0.05) is 25.9 Å². The average molecular weight is 572 g/mol. The maximum absolute atomic E-state index is 13.0. The molecule has 10 heteroatoms. The van der Waals surface area contributed by atoms with Crippen molar-refractivity contribution in [3.63, 3.8) is 0 Å². The lowest BCUT2D eigenvalue weighted by Gasteiger charge is -2.20. The summed E-state index contributed by atoms with van der Waals surface area (Å²) in [6, 6.07) is 14.1. The lowest BCUT2D eigenvalue weighted by atomic mass is 9.94. The molecule has 1 aliphatic rings. The fourth-order valence-corrected chi connectivity index (χ4v) is 4.68. The second-order valence-electron chi connectivity index (χ2n) is 9.99. The number of hydrogen-bond donors (Lipinski definition) is 4. The number of ether oxygens (including phenoxy) is 2. The number of carbonyl (C=O) groups excluding carboxylic acids is 3. The Balaban J connectivity index is 1.58. The van der Waals surface area contributed by atoms with Crippen molar-refractivity contribution >= 4 is 29.3 Å². The van der Waals surface area contributed by atoms with Crippen LogP contribution in [0.1, 0.15) is 37.5 Å². The van der Waals surface area contributed by atoms with Crippen molar-refractivity contribution in [2.45, 2.75) is 51.0 Å². The van der Waals surface area contributed by atoms with E-state index in [0.717, 1.165) is 11.1 Å². The van der Waals surface area contributed by atoms with E-state index < -0.39 is 29.9 Å². The Bertz CT molecular complexity index is 1190. The predicted molar refractivity (Wildman–Crippen MR) is 153 cm³/mol. The molecule has 1 saturated heterocycles. The van der Waals surface area contributed by atoms with Crippen LogP contribution in [-0.4, -0.2) is 61.8 Å². The summed E-state index contributed by atoms with van der Waals surface area (Å²) in [5, 5.41) is 19.0. The van der Waals surface area contributed by atoms with Crippen molar-refractivity contribution in [2.75, 3.05) is 20.7 Å². The Morgan fingerprint density at radius 1 is 1.12 bits per heavy atom. The first kappa shape index (κ1) is 31.1. The quantitative estimate of drug-likeness (QED) is 0.204. The molecule has 0 unspecified atom stereocenters. The Morgan fingerprint density at radius 2 is 1.85 bits per heavy atom. The standard InChI is InChI=1S/C30H38ClN3O6/c1-18(29(37)32-3)17-33-30(38)23(16-20-13-14-25(39-4)22(31)15-20)34-26(36)12-8-11-24(35)19(2)27-28(40-27)21-9-6-5-7-10-21/h5-10,12-15,18-19,23-24,27-28,35H,11,16-17H2,1-4H3,(H,32,37)(H,33,38)(H,34,36)/t18-,19+,23+,24+,27-,28+/m0/s1. The first-order valence-corrected chi connectivity index (χ1v) is 13.7. The van der Waals surface area contributed by atoms with Gasteiger partial charge in [0.15, 0.2) is 0 Å². The molecule has 0 aliphatic carbocycles. The molecular weight excluding hydrogens is 534 g/mol. The zero-order valence-electron chi connectivity index (χ0n) is 23.2. The molecule has 3 amide bonds. The number of aliphatic hydroxyl groups excluding tert-OH is 1. The van der Waals surface area contributed by atoms with Gasteiger partial charge in [0.25, 0.3) is 0 Å². The smallest absolute Gasteiger partial charge is 0.244 e. The lowest BCUT2D eigenvalue weighted by molar-refractivity contribution is -0.128. The van der Waals surface area contributed by atoms with Gasteiger partial charge in [0.05, 0.1) is 30.3 Å². The van der Waals surface area contributed by atoms with Gasteiger partial charge in [-0.2, -0.15) is 0 Å². The lowest BCUT2D eigenvalue weighted by Crippen LogP contribution is -2.49. The van der Waals surface area contributed by atoms with Crippen LogP contribution < -0.4 is 20.7 Å². The molecule has 216 valence electrons. The third kappa shape index (κ3) is 8.81.